The lowest BCUT2D eigenvalue weighted by molar-refractivity contribution is -0.131. The smallest absolute Gasteiger partial charge is 0.328 e. The molecule has 1 aromatic rings. The molecule has 0 aromatic heterocycles. The van der Waals surface area contributed by atoms with Crippen LogP contribution in [0.1, 0.15) is 24.5 Å². The van der Waals surface area contributed by atoms with Crippen LogP contribution in [0.25, 0.3) is 6.08 Å². The lowest BCUT2D eigenvalue weighted by atomic mass is 10.1. The summed E-state index contributed by atoms with van der Waals surface area (Å²) in [5, 5.41) is 8.68. The molecule has 0 aliphatic rings. The number of thioether (sulfide) groups is 1. The normalized spacial score (nSPS) is 10.8. The van der Waals surface area contributed by atoms with Crippen molar-refractivity contribution in [2.75, 3.05) is 18.1 Å². The van der Waals surface area contributed by atoms with Gasteiger partial charge in [0.25, 0.3) is 0 Å². The number of carboxylic acids is 1. The van der Waals surface area contributed by atoms with Crippen molar-refractivity contribution >= 4 is 23.8 Å². The molecule has 0 amide bonds. The van der Waals surface area contributed by atoms with E-state index in [-0.39, 0.29) is 0 Å². The topological polar surface area (TPSA) is 46.5 Å². The van der Waals surface area contributed by atoms with Crippen LogP contribution in [0.4, 0.5) is 0 Å². The van der Waals surface area contributed by atoms with Crippen LogP contribution in [0.5, 0.6) is 5.75 Å². The monoisotopic (exact) mass is 280 g/mol. The van der Waals surface area contributed by atoms with Crippen LogP contribution in [-0.4, -0.2) is 29.2 Å². The number of hydrogen-bond donors (Lipinski definition) is 1. The van der Waals surface area contributed by atoms with Crippen LogP contribution in [0.15, 0.2) is 24.3 Å². The molecule has 3 nitrogen and oxygen atoms in total. The second-order valence-electron chi connectivity index (χ2n) is 4.06. The van der Waals surface area contributed by atoms with E-state index in [1.807, 2.05) is 36.9 Å². The quantitative estimate of drug-likeness (QED) is 0.583. The molecule has 0 saturated heterocycles. The van der Waals surface area contributed by atoms with Crippen molar-refractivity contribution in [2.24, 2.45) is 0 Å². The molecule has 0 unspecified atom stereocenters. The summed E-state index contributed by atoms with van der Waals surface area (Å²) in [6.07, 6.45) is 3.70. The van der Waals surface area contributed by atoms with Crippen molar-refractivity contribution in [1.29, 1.82) is 0 Å². The van der Waals surface area contributed by atoms with Crippen LogP contribution in [0.2, 0.25) is 0 Å². The molecule has 1 rings (SSSR count). The third-order valence-electron chi connectivity index (χ3n) is 2.53. The molecule has 0 bridgehead atoms. The summed E-state index contributed by atoms with van der Waals surface area (Å²) >= 11 is 1.89. The first-order chi connectivity index (χ1) is 9.15. The summed E-state index contributed by atoms with van der Waals surface area (Å²) in [7, 11) is 0. The van der Waals surface area contributed by atoms with Gasteiger partial charge in [-0.05, 0) is 36.5 Å². The highest BCUT2D eigenvalue weighted by Gasteiger charge is 2.04. The van der Waals surface area contributed by atoms with E-state index in [1.54, 1.807) is 6.08 Å². The number of aryl methyl sites for hydroxylation is 1. The molecule has 0 fully saturated rings. The minimum Gasteiger partial charge on any atom is -0.493 e. The first-order valence-corrected chi connectivity index (χ1v) is 7.51. The average Bonchev–Trinajstić information content (AvgIpc) is 2.38. The van der Waals surface area contributed by atoms with E-state index < -0.39 is 5.97 Å². The summed E-state index contributed by atoms with van der Waals surface area (Å²) in [6, 6.07) is 5.73. The van der Waals surface area contributed by atoms with Gasteiger partial charge in [-0.25, -0.2) is 4.79 Å². The predicted molar refractivity (Wildman–Crippen MR) is 81.0 cm³/mol. The molecule has 1 N–H and O–H groups in total. The lowest BCUT2D eigenvalue weighted by Gasteiger charge is -2.12. The summed E-state index contributed by atoms with van der Waals surface area (Å²) < 4.78 is 5.79. The van der Waals surface area contributed by atoms with E-state index in [2.05, 4.69) is 6.92 Å². The Morgan fingerprint density at radius 1 is 1.47 bits per heavy atom. The van der Waals surface area contributed by atoms with Crippen molar-refractivity contribution in [3.8, 4) is 5.75 Å². The largest absolute Gasteiger partial charge is 0.493 e. The average molecular weight is 280 g/mol. The Balaban J connectivity index is 2.66. The minimum absolute atomic E-state index is 0.658. The van der Waals surface area contributed by atoms with Crippen molar-refractivity contribution in [3.63, 3.8) is 0 Å². The zero-order valence-electron chi connectivity index (χ0n) is 11.4. The Morgan fingerprint density at radius 2 is 2.26 bits per heavy atom. The van der Waals surface area contributed by atoms with Crippen LogP contribution >= 0.6 is 11.8 Å². The maximum Gasteiger partial charge on any atom is 0.328 e. The summed E-state index contributed by atoms with van der Waals surface area (Å²) in [5.74, 6) is 2.04. The number of para-hydroxylation sites is 1. The zero-order valence-corrected chi connectivity index (χ0v) is 12.2. The van der Waals surface area contributed by atoms with E-state index in [1.165, 1.54) is 0 Å². The highest BCUT2D eigenvalue weighted by molar-refractivity contribution is 7.99. The van der Waals surface area contributed by atoms with Crippen molar-refractivity contribution in [3.05, 3.63) is 35.4 Å². The van der Waals surface area contributed by atoms with Gasteiger partial charge >= 0.3 is 5.97 Å². The van der Waals surface area contributed by atoms with Gasteiger partial charge < -0.3 is 9.84 Å². The third kappa shape index (κ3) is 5.83. The highest BCUT2D eigenvalue weighted by Crippen LogP contribution is 2.25. The number of carboxylic acid groups (broad SMARTS) is 1. The van der Waals surface area contributed by atoms with E-state index in [9.17, 15) is 4.79 Å². The second-order valence-corrected chi connectivity index (χ2v) is 5.46. The SMILES string of the molecule is CCSCCCOc1c(C)cccc1/C=C/C(=O)O. The van der Waals surface area contributed by atoms with Gasteiger partial charge in [0.05, 0.1) is 6.61 Å². The Labute approximate surface area is 118 Å². The molecule has 0 saturated carbocycles. The van der Waals surface area contributed by atoms with E-state index in [4.69, 9.17) is 9.84 Å². The van der Waals surface area contributed by atoms with Gasteiger partial charge in [-0.15, -0.1) is 0 Å². The van der Waals surface area contributed by atoms with Gasteiger partial charge in [-0.1, -0.05) is 25.1 Å². The van der Waals surface area contributed by atoms with Crippen LogP contribution in [0.3, 0.4) is 0 Å². The summed E-state index contributed by atoms with van der Waals surface area (Å²) in [6.45, 7) is 4.77. The maximum absolute atomic E-state index is 10.6. The highest BCUT2D eigenvalue weighted by atomic mass is 32.2. The molecule has 0 aliphatic heterocycles. The fourth-order valence-corrected chi connectivity index (χ4v) is 2.25. The van der Waals surface area contributed by atoms with Crippen molar-refractivity contribution < 1.29 is 14.6 Å². The standard InChI is InChI=1S/C15H20O3S/c1-3-19-11-5-10-18-15-12(2)6-4-7-13(15)8-9-14(16)17/h4,6-9H,3,5,10-11H2,1-2H3,(H,16,17)/b9-8+. The molecular weight excluding hydrogens is 260 g/mol. The number of benzene rings is 1. The minimum atomic E-state index is -0.952. The molecule has 0 atom stereocenters. The van der Waals surface area contributed by atoms with E-state index in [0.29, 0.717) is 6.61 Å². The van der Waals surface area contributed by atoms with Gasteiger partial charge in [-0.2, -0.15) is 11.8 Å². The first kappa shape index (κ1) is 15.6. The molecule has 19 heavy (non-hydrogen) atoms. The summed E-state index contributed by atoms with van der Waals surface area (Å²) in [5.41, 5.74) is 1.83. The van der Waals surface area contributed by atoms with E-state index in [0.717, 1.165) is 40.9 Å². The van der Waals surface area contributed by atoms with Crippen LogP contribution in [-0.2, 0) is 4.79 Å². The fourth-order valence-electron chi connectivity index (χ4n) is 1.64. The van der Waals surface area contributed by atoms with Gasteiger partial charge in [-0.3, -0.25) is 0 Å². The molecule has 0 aliphatic carbocycles. The van der Waals surface area contributed by atoms with Gasteiger partial charge in [0.15, 0.2) is 0 Å². The van der Waals surface area contributed by atoms with Crippen molar-refractivity contribution in [1.82, 2.24) is 0 Å². The Bertz CT molecular complexity index is 441. The molecule has 0 spiro atoms. The van der Waals surface area contributed by atoms with Crippen molar-refractivity contribution in [2.45, 2.75) is 20.3 Å². The van der Waals surface area contributed by atoms with Gasteiger partial charge in [0.2, 0.25) is 0 Å². The van der Waals surface area contributed by atoms with Crippen LogP contribution < -0.4 is 4.74 Å². The molecule has 0 heterocycles. The Kier molecular flexibility index (Phi) is 7.11. The Morgan fingerprint density at radius 3 is 2.95 bits per heavy atom. The van der Waals surface area contributed by atoms with Gasteiger partial charge in [0.1, 0.15) is 5.75 Å². The summed E-state index contributed by atoms with van der Waals surface area (Å²) in [4.78, 5) is 10.6. The fraction of sp³-hybridized carbons (Fsp3) is 0.400. The first-order valence-electron chi connectivity index (χ1n) is 6.36. The lowest BCUT2D eigenvalue weighted by Crippen LogP contribution is -2.02. The molecule has 0 radical (unpaired) electrons. The van der Waals surface area contributed by atoms with E-state index >= 15 is 0 Å². The number of aliphatic carboxylic acids is 1. The Hall–Kier alpha value is -1.42. The maximum atomic E-state index is 10.6. The van der Waals surface area contributed by atoms with Gasteiger partial charge in [0, 0.05) is 11.6 Å². The molecular formula is C15H20O3S. The second kappa shape index (κ2) is 8.64. The number of hydrogen-bond acceptors (Lipinski definition) is 3. The number of ether oxygens (including phenoxy) is 1. The predicted octanol–water partition coefficient (Wildman–Crippen LogP) is 3.61. The number of rotatable bonds is 8. The van der Waals surface area contributed by atoms with Crippen LogP contribution in [0, 0.1) is 6.92 Å². The zero-order chi connectivity index (χ0) is 14.1. The number of carbonyl (C=O) groups is 1. The third-order valence-corrected chi connectivity index (χ3v) is 3.52. The molecule has 1 aromatic carbocycles. The molecule has 104 valence electrons. The molecule has 4 heteroatoms.